The average molecular weight is 352 g/mol. The van der Waals surface area contributed by atoms with E-state index >= 15 is 0 Å². The topological polar surface area (TPSA) is 39.7 Å². The summed E-state index contributed by atoms with van der Waals surface area (Å²) in [6, 6.07) is 3.84. The first-order chi connectivity index (χ1) is 10.2. The molecule has 0 bridgehead atoms. The SMILES string of the molecule is CCCCOCCCNCc1cc(Cl)c(OC)c(OC)c1.Cl. The second-order valence-electron chi connectivity index (χ2n) is 4.81. The highest BCUT2D eigenvalue weighted by Crippen LogP contribution is 2.35. The molecule has 1 rings (SSSR count). The van der Waals surface area contributed by atoms with Crippen LogP contribution >= 0.6 is 24.0 Å². The van der Waals surface area contributed by atoms with E-state index in [1.54, 1.807) is 14.2 Å². The lowest BCUT2D eigenvalue weighted by Crippen LogP contribution is -2.16. The van der Waals surface area contributed by atoms with E-state index in [0.717, 1.165) is 44.7 Å². The average Bonchev–Trinajstić information content (AvgIpc) is 2.49. The number of benzene rings is 1. The van der Waals surface area contributed by atoms with Gasteiger partial charge in [-0.3, -0.25) is 0 Å². The summed E-state index contributed by atoms with van der Waals surface area (Å²) in [5.74, 6) is 1.23. The summed E-state index contributed by atoms with van der Waals surface area (Å²) in [5, 5.41) is 3.94. The normalized spacial score (nSPS) is 10.2. The van der Waals surface area contributed by atoms with Crippen molar-refractivity contribution in [2.75, 3.05) is 34.0 Å². The van der Waals surface area contributed by atoms with Crippen molar-refractivity contribution in [2.45, 2.75) is 32.7 Å². The predicted octanol–water partition coefficient (Wildman–Crippen LogP) is 4.08. The zero-order valence-electron chi connectivity index (χ0n) is 13.6. The molecule has 0 spiro atoms. The molecular formula is C16H27Cl2NO3. The molecule has 1 N–H and O–H groups in total. The van der Waals surface area contributed by atoms with Crippen molar-refractivity contribution >= 4 is 24.0 Å². The Morgan fingerprint density at radius 1 is 1.09 bits per heavy atom. The standard InChI is InChI=1S/C16H26ClNO3.ClH/c1-4-5-8-21-9-6-7-18-12-13-10-14(17)16(20-3)15(11-13)19-2;/h10-11,18H,4-9,12H2,1-3H3;1H. The lowest BCUT2D eigenvalue weighted by atomic mass is 10.2. The maximum absolute atomic E-state index is 6.17. The van der Waals surface area contributed by atoms with E-state index in [2.05, 4.69) is 12.2 Å². The molecule has 0 fully saturated rings. The van der Waals surface area contributed by atoms with Crippen LogP contribution < -0.4 is 14.8 Å². The molecule has 0 saturated heterocycles. The number of hydrogen-bond donors (Lipinski definition) is 1. The number of nitrogens with one attached hydrogen (secondary N) is 1. The van der Waals surface area contributed by atoms with Gasteiger partial charge in [-0.2, -0.15) is 0 Å². The molecular weight excluding hydrogens is 325 g/mol. The Morgan fingerprint density at radius 3 is 2.45 bits per heavy atom. The van der Waals surface area contributed by atoms with E-state index in [1.807, 2.05) is 12.1 Å². The highest BCUT2D eigenvalue weighted by molar-refractivity contribution is 6.32. The number of hydrogen-bond acceptors (Lipinski definition) is 4. The monoisotopic (exact) mass is 351 g/mol. The van der Waals surface area contributed by atoms with E-state index in [9.17, 15) is 0 Å². The van der Waals surface area contributed by atoms with Crippen LogP contribution in [0, 0.1) is 0 Å². The van der Waals surface area contributed by atoms with Gasteiger partial charge < -0.3 is 19.5 Å². The van der Waals surface area contributed by atoms with Gasteiger partial charge in [0, 0.05) is 19.8 Å². The number of rotatable bonds is 11. The van der Waals surface area contributed by atoms with E-state index in [4.69, 9.17) is 25.8 Å². The number of halogens is 2. The van der Waals surface area contributed by atoms with Gasteiger partial charge in [0.05, 0.1) is 19.2 Å². The molecule has 0 aromatic heterocycles. The fourth-order valence-corrected chi connectivity index (χ4v) is 2.26. The van der Waals surface area contributed by atoms with E-state index < -0.39 is 0 Å². The Bertz CT molecular complexity index is 417. The van der Waals surface area contributed by atoms with Crippen molar-refractivity contribution in [3.63, 3.8) is 0 Å². The van der Waals surface area contributed by atoms with Crippen molar-refractivity contribution in [1.82, 2.24) is 5.32 Å². The number of unbranched alkanes of at least 4 members (excludes halogenated alkanes) is 1. The quantitative estimate of drug-likeness (QED) is 0.610. The molecule has 4 nitrogen and oxygen atoms in total. The minimum atomic E-state index is 0. The zero-order valence-corrected chi connectivity index (χ0v) is 15.2. The predicted molar refractivity (Wildman–Crippen MR) is 93.9 cm³/mol. The van der Waals surface area contributed by atoms with Crippen molar-refractivity contribution in [3.8, 4) is 11.5 Å². The smallest absolute Gasteiger partial charge is 0.179 e. The molecule has 22 heavy (non-hydrogen) atoms. The van der Waals surface area contributed by atoms with Crippen molar-refractivity contribution in [3.05, 3.63) is 22.7 Å². The summed E-state index contributed by atoms with van der Waals surface area (Å²) < 4.78 is 16.0. The molecule has 0 unspecified atom stereocenters. The Hall–Kier alpha value is -0.680. The summed E-state index contributed by atoms with van der Waals surface area (Å²) in [6.07, 6.45) is 3.32. The molecule has 0 aliphatic carbocycles. The minimum absolute atomic E-state index is 0. The Morgan fingerprint density at radius 2 is 1.82 bits per heavy atom. The third kappa shape index (κ3) is 7.54. The van der Waals surface area contributed by atoms with E-state index in [1.165, 1.54) is 6.42 Å². The largest absolute Gasteiger partial charge is 0.493 e. The maximum Gasteiger partial charge on any atom is 0.179 e. The second kappa shape index (κ2) is 12.8. The van der Waals surface area contributed by atoms with Gasteiger partial charge >= 0.3 is 0 Å². The lowest BCUT2D eigenvalue weighted by Gasteiger charge is -2.12. The highest BCUT2D eigenvalue weighted by Gasteiger charge is 2.10. The first kappa shape index (κ1) is 21.3. The molecule has 0 aliphatic heterocycles. The van der Waals surface area contributed by atoms with Crippen molar-refractivity contribution in [2.24, 2.45) is 0 Å². The van der Waals surface area contributed by atoms with Crippen LogP contribution in [0.5, 0.6) is 11.5 Å². The highest BCUT2D eigenvalue weighted by atomic mass is 35.5. The van der Waals surface area contributed by atoms with Crippen LogP contribution in [0.25, 0.3) is 0 Å². The van der Waals surface area contributed by atoms with Crippen LogP contribution in [-0.4, -0.2) is 34.0 Å². The zero-order chi connectivity index (χ0) is 15.5. The molecule has 0 aliphatic rings. The maximum atomic E-state index is 6.17. The van der Waals surface area contributed by atoms with Gasteiger partial charge in [-0.25, -0.2) is 0 Å². The first-order valence-electron chi connectivity index (χ1n) is 7.41. The van der Waals surface area contributed by atoms with Gasteiger partial charge in [0.15, 0.2) is 11.5 Å². The Labute approximate surface area is 144 Å². The Balaban J connectivity index is 0.00000441. The fraction of sp³-hybridized carbons (Fsp3) is 0.625. The number of methoxy groups -OCH3 is 2. The molecule has 1 aromatic rings. The van der Waals surface area contributed by atoms with Crippen LogP contribution in [0.3, 0.4) is 0 Å². The lowest BCUT2D eigenvalue weighted by molar-refractivity contribution is 0.129. The third-order valence-corrected chi connectivity index (χ3v) is 3.39. The third-order valence-electron chi connectivity index (χ3n) is 3.11. The van der Waals surface area contributed by atoms with Crippen LogP contribution in [0.15, 0.2) is 12.1 Å². The molecule has 0 radical (unpaired) electrons. The van der Waals surface area contributed by atoms with Crippen molar-refractivity contribution in [1.29, 1.82) is 0 Å². The Kier molecular flexibility index (Phi) is 12.4. The van der Waals surface area contributed by atoms with Gasteiger partial charge in [-0.1, -0.05) is 24.9 Å². The van der Waals surface area contributed by atoms with Crippen LogP contribution in [0.2, 0.25) is 5.02 Å². The summed E-state index contributed by atoms with van der Waals surface area (Å²) in [4.78, 5) is 0. The summed E-state index contributed by atoms with van der Waals surface area (Å²) >= 11 is 6.17. The fourth-order valence-electron chi connectivity index (χ4n) is 1.95. The summed E-state index contributed by atoms with van der Waals surface area (Å²) in [6.45, 7) is 5.49. The molecule has 1 aromatic carbocycles. The van der Waals surface area contributed by atoms with Gasteiger partial charge in [0.25, 0.3) is 0 Å². The van der Waals surface area contributed by atoms with Crippen LogP contribution in [0.4, 0.5) is 0 Å². The second-order valence-corrected chi connectivity index (χ2v) is 5.22. The molecule has 0 heterocycles. The first-order valence-corrected chi connectivity index (χ1v) is 7.79. The van der Waals surface area contributed by atoms with Gasteiger partial charge in [-0.05, 0) is 37.1 Å². The van der Waals surface area contributed by atoms with Crippen LogP contribution in [-0.2, 0) is 11.3 Å². The van der Waals surface area contributed by atoms with E-state index in [-0.39, 0.29) is 12.4 Å². The van der Waals surface area contributed by atoms with Gasteiger partial charge in [0.2, 0.25) is 0 Å². The molecule has 0 amide bonds. The van der Waals surface area contributed by atoms with Crippen LogP contribution in [0.1, 0.15) is 31.7 Å². The van der Waals surface area contributed by atoms with Gasteiger partial charge in [-0.15, -0.1) is 12.4 Å². The minimum Gasteiger partial charge on any atom is -0.493 e. The van der Waals surface area contributed by atoms with Gasteiger partial charge in [0.1, 0.15) is 0 Å². The molecule has 6 heteroatoms. The molecule has 0 saturated carbocycles. The van der Waals surface area contributed by atoms with Crippen molar-refractivity contribution < 1.29 is 14.2 Å². The van der Waals surface area contributed by atoms with E-state index in [0.29, 0.717) is 16.5 Å². The molecule has 128 valence electrons. The number of ether oxygens (including phenoxy) is 3. The summed E-state index contributed by atoms with van der Waals surface area (Å²) in [5.41, 5.74) is 1.07. The summed E-state index contributed by atoms with van der Waals surface area (Å²) in [7, 11) is 3.19. The molecule has 0 atom stereocenters.